The SMILES string of the molecule is Cc1cc(/C=N/n2c(C3CC3)n[nH]c2=S)c(C)[nH]1. The summed E-state index contributed by atoms with van der Waals surface area (Å²) in [6.07, 6.45) is 4.19. The number of aromatic nitrogens is 4. The zero-order valence-corrected chi connectivity index (χ0v) is 11.2. The molecule has 5 nitrogen and oxygen atoms in total. The molecule has 94 valence electrons. The molecule has 2 aromatic rings. The molecule has 0 bridgehead atoms. The summed E-state index contributed by atoms with van der Waals surface area (Å²) in [5.41, 5.74) is 3.32. The first-order valence-corrected chi connectivity index (χ1v) is 6.44. The van der Waals surface area contributed by atoms with Gasteiger partial charge in [0.05, 0.1) is 6.21 Å². The molecule has 1 saturated carbocycles. The summed E-state index contributed by atoms with van der Waals surface area (Å²) in [6, 6.07) is 2.07. The number of nitrogens with zero attached hydrogens (tertiary/aromatic N) is 3. The predicted octanol–water partition coefficient (Wildman–Crippen LogP) is 2.65. The lowest BCUT2D eigenvalue weighted by Gasteiger charge is -1.97. The minimum atomic E-state index is 0.518. The number of nitrogens with one attached hydrogen (secondary N) is 2. The standard InChI is InChI=1S/C12H15N5S/c1-7-5-10(8(2)14-7)6-13-17-11(9-3-4-9)15-16-12(17)18/h5-6,9,14H,3-4H2,1-2H3,(H,16,18)/b13-6+. The van der Waals surface area contributed by atoms with E-state index < -0.39 is 0 Å². The quantitative estimate of drug-likeness (QED) is 0.659. The molecule has 1 fully saturated rings. The maximum Gasteiger partial charge on any atom is 0.216 e. The van der Waals surface area contributed by atoms with Gasteiger partial charge in [0.15, 0.2) is 5.82 Å². The van der Waals surface area contributed by atoms with Gasteiger partial charge < -0.3 is 4.98 Å². The summed E-state index contributed by atoms with van der Waals surface area (Å²) < 4.78 is 2.28. The summed E-state index contributed by atoms with van der Waals surface area (Å²) in [5.74, 6) is 1.46. The predicted molar refractivity (Wildman–Crippen MR) is 72.6 cm³/mol. The van der Waals surface area contributed by atoms with E-state index in [4.69, 9.17) is 12.2 Å². The Morgan fingerprint density at radius 1 is 1.50 bits per heavy atom. The van der Waals surface area contributed by atoms with Crippen molar-refractivity contribution in [2.75, 3.05) is 0 Å². The molecule has 2 N–H and O–H groups in total. The van der Waals surface area contributed by atoms with Crippen molar-refractivity contribution in [2.24, 2.45) is 5.10 Å². The monoisotopic (exact) mass is 261 g/mol. The molecule has 3 rings (SSSR count). The van der Waals surface area contributed by atoms with Crippen LogP contribution in [0.1, 0.15) is 41.5 Å². The third kappa shape index (κ3) is 2.03. The second-order valence-electron chi connectivity index (χ2n) is 4.75. The summed E-state index contributed by atoms with van der Waals surface area (Å²) in [4.78, 5) is 3.25. The molecular formula is C12H15N5S. The fraction of sp³-hybridized carbons (Fsp3) is 0.417. The number of aromatic amines is 2. The smallest absolute Gasteiger partial charge is 0.216 e. The molecular weight excluding hydrogens is 246 g/mol. The first-order valence-electron chi connectivity index (χ1n) is 6.03. The van der Waals surface area contributed by atoms with Gasteiger partial charge in [-0.2, -0.15) is 14.9 Å². The molecule has 0 amide bonds. The molecule has 0 saturated heterocycles. The van der Waals surface area contributed by atoms with Gasteiger partial charge in [0, 0.05) is 22.9 Å². The van der Waals surface area contributed by atoms with Crippen LogP contribution in [0.5, 0.6) is 0 Å². The molecule has 18 heavy (non-hydrogen) atoms. The van der Waals surface area contributed by atoms with Crippen LogP contribution in [0.15, 0.2) is 11.2 Å². The lowest BCUT2D eigenvalue weighted by atomic mass is 10.3. The van der Waals surface area contributed by atoms with Crippen molar-refractivity contribution >= 4 is 18.4 Å². The zero-order chi connectivity index (χ0) is 12.7. The zero-order valence-electron chi connectivity index (χ0n) is 10.4. The van der Waals surface area contributed by atoms with E-state index in [1.807, 2.05) is 20.1 Å². The highest BCUT2D eigenvalue weighted by Crippen LogP contribution is 2.38. The average Bonchev–Trinajstić information content (AvgIpc) is 3.02. The topological polar surface area (TPSA) is 61.8 Å². The first kappa shape index (κ1) is 11.4. The summed E-state index contributed by atoms with van der Waals surface area (Å²) >= 11 is 5.20. The van der Waals surface area contributed by atoms with Gasteiger partial charge in [-0.05, 0) is 45.0 Å². The largest absolute Gasteiger partial charge is 0.362 e. The Morgan fingerprint density at radius 3 is 2.89 bits per heavy atom. The van der Waals surface area contributed by atoms with Crippen LogP contribution in [-0.4, -0.2) is 26.1 Å². The Kier molecular flexibility index (Phi) is 2.66. The molecule has 2 heterocycles. The normalized spacial score (nSPS) is 15.7. The second-order valence-corrected chi connectivity index (χ2v) is 5.14. The van der Waals surface area contributed by atoms with E-state index in [0.29, 0.717) is 10.7 Å². The number of rotatable bonds is 3. The van der Waals surface area contributed by atoms with E-state index in [2.05, 4.69) is 26.3 Å². The van der Waals surface area contributed by atoms with Gasteiger partial charge in [0.1, 0.15) is 0 Å². The van der Waals surface area contributed by atoms with Gasteiger partial charge >= 0.3 is 0 Å². The molecule has 0 spiro atoms. The van der Waals surface area contributed by atoms with E-state index in [0.717, 1.165) is 22.8 Å². The van der Waals surface area contributed by atoms with Gasteiger partial charge in [-0.25, -0.2) is 0 Å². The van der Waals surface area contributed by atoms with Crippen molar-refractivity contribution in [1.29, 1.82) is 0 Å². The lowest BCUT2D eigenvalue weighted by molar-refractivity contribution is 0.772. The van der Waals surface area contributed by atoms with Crippen molar-refractivity contribution in [3.8, 4) is 0 Å². The molecule has 2 aromatic heterocycles. The number of hydrogen-bond acceptors (Lipinski definition) is 3. The maximum atomic E-state index is 5.20. The van der Waals surface area contributed by atoms with Crippen molar-refractivity contribution in [1.82, 2.24) is 19.9 Å². The molecule has 0 unspecified atom stereocenters. The van der Waals surface area contributed by atoms with Crippen LogP contribution in [0.3, 0.4) is 0 Å². The Morgan fingerprint density at radius 2 is 2.28 bits per heavy atom. The molecule has 1 aliphatic carbocycles. The molecule has 6 heteroatoms. The third-order valence-corrected chi connectivity index (χ3v) is 3.38. The number of hydrogen-bond donors (Lipinski definition) is 2. The third-order valence-electron chi connectivity index (χ3n) is 3.12. The van der Waals surface area contributed by atoms with Crippen molar-refractivity contribution in [2.45, 2.75) is 32.6 Å². The minimum Gasteiger partial charge on any atom is -0.362 e. The van der Waals surface area contributed by atoms with E-state index in [9.17, 15) is 0 Å². The fourth-order valence-corrected chi connectivity index (χ4v) is 2.21. The summed E-state index contributed by atoms with van der Waals surface area (Å²) in [5, 5.41) is 11.5. The Balaban J connectivity index is 1.94. The van der Waals surface area contributed by atoms with Gasteiger partial charge in [0.25, 0.3) is 0 Å². The fourth-order valence-electron chi connectivity index (χ4n) is 2.02. The van der Waals surface area contributed by atoms with Gasteiger partial charge in [0.2, 0.25) is 4.77 Å². The Bertz CT molecular complexity index is 656. The summed E-state index contributed by atoms with van der Waals surface area (Å²) in [7, 11) is 0. The van der Waals surface area contributed by atoms with Gasteiger partial charge in [-0.1, -0.05) is 0 Å². The molecule has 0 atom stereocenters. The van der Waals surface area contributed by atoms with E-state index in [1.54, 1.807) is 4.68 Å². The summed E-state index contributed by atoms with van der Waals surface area (Å²) in [6.45, 7) is 4.06. The highest BCUT2D eigenvalue weighted by Gasteiger charge is 2.29. The minimum absolute atomic E-state index is 0.518. The van der Waals surface area contributed by atoms with Crippen LogP contribution < -0.4 is 0 Å². The maximum absolute atomic E-state index is 5.20. The first-order chi connectivity index (χ1) is 8.65. The van der Waals surface area contributed by atoms with Crippen LogP contribution in [0.2, 0.25) is 0 Å². The Labute approximate surface area is 110 Å². The number of aryl methyl sites for hydroxylation is 2. The van der Waals surface area contributed by atoms with Crippen LogP contribution in [0.4, 0.5) is 0 Å². The Hall–Kier alpha value is -1.69. The van der Waals surface area contributed by atoms with Crippen molar-refractivity contribution in [3.05, 3.63) is 33.6 Å². The van der Waals surface area contributed by atoms with E-state index in [1.165, 1.54) is 12.8 Å². The van der Waals surface area contributed by atoms with E-state index >= 15 is 0 Å². The second kappa shape index (κ2) is 4.20. The van der Waals surface area contributed by atoms with Crippen LogP contribution in [-0.2, 0) is 0 Å². The van der Waals surface area contributed by atoms with Crippen molar-refractivity contribution in [3.63, 3.8) is 0 Å². The highest BCUT2D eigenvalue weighted by atomic mass is 32.1. The average molecular weight is 261 g/mol. The van der Waals surface area contributed by atoms with E-state index in [-0.39, 0.29) is 0 Å². The van der Waals surface area contributed by atoms with Gasteiger partial charge in [-0.15, -0.1) is 0 Å². The molecule has 0 radical (unpaired) electrons. The van der Waals surface area contributed by atoms with Crippen molar-refractivity contribution < 1.29 is 0 Å². The molecule has 0 aliphatic heterocycles. The molecule has 0 aromatic carbocycles. The van der Waals surface area contributed by atoms with Crippen LogP contribution in [0.25, 0.3) is 0 Å². The highest BCUT2D eigenvalue weighted by molar-refractivity contribution is 7.71. The lowest BCUT2D eigenvalue weighted by Crippen LogP contribution is -1.97. The van der Waals surface area contributed by atoms with Crippen LogP contribution in [0, 0.1) is 18.6 Å². The van der Waals surface area contributed by atoms with Gasteiger partial charge in [-0.3, -0.25) is 5.10 Å². The van der Waals surface area contributed by atoms with Crippen LogP contribution >= 0.6 is 12.2 Å². The number of H-pyrrole nitrogens is 2. The molecule has 1 aliphatic rings.